The number of aryl methyl sites for hydroxylation is 1. The van der Waals surface area contributed by atoms with Crippen LogP contribution in [0.4, 0.5) is 5.82 Å². The summed E-state index contributed by atoms with van der Waals surface area (Å²) in [6, 6.07) is 6.41. The first-order valence-electron chi connectivity index (χ1n) is 7.75. The number of ether oxygens (including phenoxy) is 1. The maximum Gasteiger partial charge on any atom is 0.156 e. The van der Waals surface area contributed by atoms with Gasteiger partial charge in [-0.15, -0.1) is 0 Å². The van der Waals surface area contributed by atoms with Crippen molar-refractivity contribution in [3.05, 3.63) is 30.1 Å². The van der Waals surface area contributed by atoms with E-state index in [1.54, 1.807) is 6.33 Å². The summed E-state index contributed by atoms with van der Waals surface area (Å²) in [4.78, 5) is 14.8. The summed E-state index contributed by atoms with van der Waals surface area (Å²) in [5, 5.41) is 1.15. The third-order valence-electron chi connectivity index (χ3n) is 4.24. The second kappa shape index (κ2) is 4.95. The Kier molecular flexibility index (Phi) is 3.04. The number of hydrogen-bond donors (Lipinski definition) is 1. The largest absolute Gasteiger partial charge is 0.372 e. The third-order valence-corrected chi connectivity index (χ3v) is 4.24. The number of nitrogens with one attached hydrogen (secondary N) is 1. The van der Waals surface area contributed by atoms with Crippen LogP contribution in [-0.4, -0.2) is 40.2 Å². The topological polar surface area (TPSA) is 54.0 Å². The van der Waals surface area contributed by atoms with Crippen molar-refractivity contribution in [2.45, 2.75) is 33.0 Å². The molecule has 0 aliphatic carbocycles. The van der Waals surface area contributed by atoms with Gasteiger partial charge in [0.25, 0.3) is 0 Å². The van der Waals surface area contributed by atoms with Crippen LogP contribution in [0.15, 0.2) is 24.5 Å². The summed E-state index contributed by atoms with van der Waals surface area (Å²) in [5.74, 6) is 0.973. The van der Waals surface area contributed by atoms with Crippen molar-refractivity contribution in [2.75, 3.05) is 18.0 Å². The van der Waals surface area contributed by atoms with Crippen LogP contribution in [0.5, 0.6) is 0 Å². The zero-order valence-electron chi connectivity index (χ0n) is 13.1. The molecule has 4 rings (SSSR count). The van der Waals surface area contributed by atoms with E-state index in [0.717, 1.165) is 40.8 Å². The molecule has 0 radical (unpaired) electrons. The van der Waals surface area contributed by atoms with Crippen LogP contribution in [0.2, 0.25) is 0 Å². The Hall–Kier alpha value is -2.14. The molecule has 1 aliphatic heterocycles. The SMILES string of the molecule is Cc1ccc2c(c1)[nH]c1c(N3C[C@@H](C)O[C@@H](C)C3)ncnc12. The summed E-state index contributed by atoms with van der Waals surface area (Å²) >= 11 is 0. The van der Waals surface area contributed by atoms with Gasteiger partial charge < -0.3 is 14.6 Å². The molecule has 0 bridgehead atoms. The summed E-state index contributed by atoms with van der Waals surface area (Å²) in [5.41, 5.74) is 4.37. The van der Waals surface area contributed by atoms with Gasteiger partial charge in [0.05, 0.1) is 12.2 Å². The van der Waals surface area contributed by atoms with Crippen LogP contribution >= 0.6 is 0 Å². The first-order valence-corrected chi connectivity index (χ1v) is 7.75. The molecule has 0 spiro atoms. The molecular formula is C17H20N4O. The molecule has 2 atom stereocenters. The normalized spacial score (nSPS) is 22.6. The number of anilines is 1. The number of aromatic amines is 1. The van der Waals surface area contributed by atoms with Gasteiger partial charge in [-0.1, -0.05) is 12.1 Å². The fourth-order valence-corrected chi connectivity index (χ4v) is 3.39. The van der Waals surface area contributed by atoms with Crippen molar-refractivity contribution >= 4 is 27.8 Å². The number of rotatable bonds is 1. The van der Waals surface area contributed by atoms with Crippen LogP contribution in [0.1, 0.15) is 19.4 Å². The van der Waals surface area contributed by atoms with Gasteiger partial charge >= 0.3 is 0 Å². The van der Waals surface area contributed by atoms with E-state index in [0.29, 0.717) is 0 Å². The fraction of sp³-hybridized carbons (Fsp3) is 0.412. The lowest BCUT2D eigenvalue weighted by Gasteiger charge is -2.36. The molecule has 0 unspecified atom stereocenters. The number of fused-ring (bicyclic) bond motifs is 3. The minimum absolute atomic E-state index is 0.209. The average Bonchev–Trinajstić information content (AvgIpc) is 2.83. The van der Waals surface area contributed by atoms with E-state index < -0.39 is 0 Å². The van der Waals surface area contributed by atoms with Crippen LogP contribution in [0, 0.1) is 6.92 Å². The Labute approximate surface area is 129 Å². The van der Waals surface area contributed by atoms with E-state index in [9.17, 15) is 0 Å². The highest BCUT2D eigenvalue weighted by Crippen LogP contribution is 2.30. The van der Waals surface area contributed by atoms with Crippen LogP contribution in [-0.2, 0) is 4.74 Å². The number of morpholine rings is 1. The molecule has 114 valence electrons. The zero-order valence-corrected chi connectivity index (χ0v) is 13.1. The molecule has 1 aliphatic rings. The highest BCUT2D eigenvalue weighted by Gasteiger charge is 2.25. The maximum absolute atomic E-state index is 5.83. The molecule has 1 aromatic carbocycles. The Bertz CT molecular complexity index is 831. The Balaban J connectivity index is 1.89. The van der Waals surface area contributed by atoms with Crippen molar-refractivity contribution in [3.63, 3.8) is 0 Å². The van der Waals surface area contributed by atoms with E-state index in [1.165, 1.54) is 5.56 Å². The average molecular weight is 296 g/mol. The molecule has 0 amide bonds. The minimum Gasteiger partial charge on any atom is -0.372 e. The molecular weight excluding hydrogens is 276 g/mol. The van der Waals surface area contributed by atoms with Gasteiger partial charge in [0, 0.05) is 24.0 Å². The highest BCUT2D eigenvalue weighted by molar-refractivity contribution is 6.08. The Morgan fingerprint density at radius 2 is 1.95 bits per heavy atom. The lowest BCUT2D eigenvalue weighted by molar-refractivity contribution is -0.00537. The number of benzene rings is 1. The van der Waals surface area contributed by atoms with E-state index in [4.69, 9.17) is 4.74 Å². The standard InChI is InChI=1S/C17H20N4O/c1-10-4-5-13-14(6-10)20-16-15(13)18-9-19-17(16)21-7-11(2)22-12(3)8-21/h4-6,9,11-12,20H,7-8H2,1-3H3/t11-,12+. The van der Waals surface area contributed by atoms with Gasteiger partial charge in [-0.2, -0.15) is 0 Å². The van der Waals surface area contributed by atoms with Crippen molar-refractivity contribution in [3.8, 4) is 0 Å². The molecule has 22 heavy (non-hydrogen) atoms. The molecule has 1 fully saturated rings. The summed E-state index contributed by atoms with van der Waals surface area (Å²) in [7, 11) is 0. The van der Waals surface area contributed by atoms with Gasteiger partial charge in [-0.3, -0.25) is 0 Å². The van der Waals surface area contributed by atoms with Gasteiger partial charge in [0.1, 0.15) is 17.4 Å². The zero-order chi connectivity index (χ0) is 15.3. The number of hydrogen-bond acceptors (Lipinski definition) is 4. The number of aromatic nitrogens is 3. The van der Waals surface area contributed by atoms with Crippen LogP contribution < -0.4 is 4.90 Å². The predicted octanol–water partition coefficient (Wildman–Crippen LogP) is 3.03. The predicted molar refractivity (Wildman–Crippen MR) is 88.4 cm³/mol. The molecule has 1 N–H and O–H groups in total. The number of nitrogens with zero attached hydrogens (tertiary/aromatic N) is 3. The highest BCUT2D eigenvalue weighted by atomic mass is 16.5. The van der Waals surface area contributed by atoms with E-state index >= 15 is 0 Å². The molecule has 5 heteroatoms. The molecule has 3 aromatic rings. The smallest absolute Gasteiger partial charge is 0.156 e. The monoisotopic (exact) mass is 296 g/mol. The van der Waals surface area contributed by atoms with Crippen LogP contribution in [0.3, 0.4) is 0 Å². The van der Waals surface area contributed by atoms with Gasteiger partial charge in [-0.05, 0) is 32.4 Å². The van der Waals surface area contributed by atoms with Gasteiger partial charge in [0.2, 0.25) is 0 Å². The van der Waals surface area contributed by atoms with E-state index in [1.807, 2.05) is 0 Å². The molecule has 5 nitrogen and oxygen atoms in total. The Morgan fingerprint density at radius 3 is 2.73 bits per heavy atom. The summed E-state index contributed by atoms with van der Waals surface area (Å²) < 4.78 is 5.83. The molecule has 1 saturated heterocycles. The lowest BCUT2D eigenvalue weighted by Crippen LogP contribution is -2.46. The van der Waals surface area contributed by atoms with Crippen molar-refractivity contribution in [2.24, 2.45) is 0 Å². The van der Waals surface area contributed by atoms with Crippen LogP contribution in [0.25, 0.3) is 21.9 Å². The maximum atomic E-state index is 5.83. The van der Waals surface area contributed by atoms with Crippen molar-refractivity contribution < 1.29 is 4.74 Å². The summed E-state index contributed by atoms with van der Waals surface area (Å²) in [6.45, 7) is 8.02. The molecule has 0 saturated carbocycles. The van der Waals surface area contributed by atoms with Gasteiger partial charge in [0.15, 0.2) is 5.82 Å². The second-order valence-corrected chi connectivity index (χ2v) is 6.26. The van der Waals surface area contributed by atoms with Gasteiger partial charge in [-0.25, -0.2) is 9.97 Å². The molecule has 2 aromatic heterocycles. The fourth-order valence-electron chi connectivity index (χ4n) is 3.39. The lowest BCUT2D eigenvalue weighted by atomic mass is 10.2. The first-order chi connectivity index (χ1) is 10.6. The minimum atomic E-state index is 0.209. The number of H-pyrrole nitrogens is 1. The third kappa shape index (κ3) is 2.13. The van der Waals surface area contributed by atoms with Crippen molar-refractivity contribution in [1.29, 1.82) is 0 Å². The van der Waals surface area contributed by atoms with E-state index in [2.05, 4.69) is 58.8 Å². The van der Waals surface area contributed by atoms with E-state index in [-0.39, 0.29) is 12.2 Å². The summed E-state index contributed by atoms with van der Waals surface area (Å²) in [6.07, 6.45) is 2.08. The Morgan fingerprint density at radius 1 is 1.18 bits per heavy atom. The van der Waals surface area contributed by atoms with Crippen molar-refractivity contribution in [1.82, 2.24) is 15.0 Å². The first kappa shape index (κ1) is 13.5. The quantitative estimate of drug-likeness (QED) is 0.750. The second-order valence-electron chi connectivity index (χ2n) is 6.26. The molecule has 3 heterocycles.